The van der Waals surface area contributed by atoms with Crippen LogP contribution in [-0.2, 0) is 14.3 Å². The normalized spacial score (nSPS) is 6.88. The predicted molar refractivity (Wildman–Crippen MR) is 69.7 cm³/mol. The van der Waals surface area contributed by atoms with E-state index in [0.29, 0.717) is 6.61 Å². The van der Waals surface area contributed by atoms with Gasteiger partial charge < -0.3 is 9.84 Å². The molecule has 4 nitrogen and oxygen atoms in total. The second-order valence-corrected chi connectivity index (χ2v) is 2.39. The van der Waals surface area contributed by atoms with Crippen LogP contribution in [0.15, 0.2) is 50.6 Å². The molecule has 0 aromatic rings. The molecule has 0 aliphatic heterocycles. The molecule has 0 radical (unpaired) electrons. The standard InChI is InChI=1S/C6H10O2.C4H6.C3H4O2/c1-3-5-8-6(7)4-2;1-3-4-2;1-2-3(4)5/h4H,2-3,5H2,1H3;3-4H,1-2H2;2H,1H2,(H,4,5). The fourth-order valence-electron chi connectivity index (χ4n) is 0.262. The van der Waals surface area contributed by atoms with Crippen molar-refractivity contribution in [3.05, 3.63) is 50.6 Å². The van der Waals surface area contributed by atoms with Crippen LogP contribution < -0.4 is 0 Å². The van der Waals surface area contributed by atoms with Crippen LogP contribution in [0.4, 0.5) is 0 Å². The average Bonchev–Trinajstić information content (AvgIpc) is 2.36. The fraction of sp³-hybridized carbons (Fsp3) is 0.231. The zero-order valence-electron chi connectivity index (χ0n) is 10.2. The number of esters is 1. The first-order chi connectivity index (χ1) is 7.99. The van der Waals surface area contributed by atoms with Crippen molar-refractivity contribution in [2.75, 3.05) is 6.61 Å². The molecular weight excluding hydrogens is 220 g/mol. The minimum atomic E-state index is -0.981. The summed E-state index contributed by atoms with van der Waals surface area (Å²) in [7, 11) is 0. The predicted octanol–water partition coefficient (Wildman–Crippen LogP) is 2.74. The van der Waals surface area contributed by atoms with Gasteiger partial charge in [0.05, 0.1) is 6.61 Å². The molecule has 0 bridgehead atoms. The summed E-state index contributed by atoms with van der Waals surface area (Å²) in [6.45, 7) is 15.4. The molecule has 0 atom stereocenters. The van der Waals surface area contributed by atoms with Crippen LogP contribution in [0.5, 0.6) is 0 Å². The Morgan fingerprint density at radius 2 is 1.53 bits per heavy atom. The van der Waals surface area contributed by atoms with E-state index in [9.17, 15) is 9.59 Å². The smallest absolute Gasteiger partial charge is 0.330 e. The number of carbonyl (C=O) groups excluding carboxylic acids is 1. The number of carbonyl (C=O) groups is 2. The summed E-state index contributed by atoms with van der Waals surface area (Å²) in [5.41, 5.74) is 0. The molecular formula is C13H20O4. The minimum absolute atomic E-state index is 0.341. The van der Waals surface area contributed by atoms with E-state index >= 15 is 0 Å². The van der Waals surface area contributed by atoms with E-state index in [1.165, 1.54) is 0 Å². The summed E-state index contributed by atoms with van der Waals surface area (Å²) in [6.07, 6.45) is 6.13. The number of rotatable bonds is 5. The molecule has 0 heterocycles. The van der Waals surface area contributed by atoms with E-state index < -0.39 is 5.97 Å². The number of carboxylic acids is 1. The largest absolute Gasteiger partial charge is 0.478 e. The molecule has 0 amide bonds. The monoisotopic (exact) mass is 240 g/mol. The Balaban J connectivity index is -0.000000188. The lowest BCUT2D eigenvalue weighted by Crippen LogP contribution is -1.99. The zero-order valence-corrected chi connectivity index (χ0v) is 10.2. The maximum Gasteiger partial charge on any atom is 0.330 e. The van der Waals surface area contributed by atoms with Crippen molar-refractivity contribution < 1.29 is 19.4 Å². The highest BCUT2D eigenvalue weighted by atomic mass is 16.5. The summed E-state index contributed by atoms with van der Waals surface area (Å²) in [4.78, 5) is 19.5. The Morgan fingerprint density at radius 1 is 1.12 bits per heavy atom. The fourth-order valence-corrected chi connectivity index (χ4v) is 0.262. The Hall–Kier alpha value is -2.10. The highest BCUT2D eigenvalue weighted by molar-refractivity contribution is 5.81. The van der Waals surface area contributed by atoms with Gasteiger partial charge in [0, 0.05) is 12.2 Å². The van der Waals surface area contributed by atoms with Crippen molar-refractivity contribution in [3.63, 3.8) is 0 Å². The van der Waals surface area contributed by atoms with Crippen LogP contribution in [0.2, 0.25) is 0 Å². The number of allylic oxidation sites excluding steroid dienone is 2. The zero-order chi connectivity index (χ0) is 14.1. The van der Waals surface area contributed by atoms with Crippen LogP contribution in [0.3, 0.4) is 0 Å². The van der Waals surface area contributed by atoms with Gasteiger partial charge in [0.2, 0.25) is 0 Å². The number of hydrogen-bond acceptors (Lipinski definition) is 3. The first kappa shape index (κ1) is 20.3. The maximum atomic E-state index is 10.2. The van der Waals surface area contributed by atoms with E-state index in [0.717, 1.165) is 18.6 Å². The van der Waals surface area contributed by atoms with Gasteiger partial charge in [-0.1, -0.05) is 45.4 Å². The molecule has 0 unspecified atom stereocenters. The van der Waals surface area contributed by atoms with Crippen molar-refractivity contribution in [1.82, 2.24) is 0 Å². The van der Waals surface area contributed by atoms with Crippen molar-refractivity contribution in [1.29, 1.82) is 0 Å². The lowest BCUT2D eigenvalue weighted by Gasteiger charge is -1.94. The van der Waals surface area contributed by atoms with E-state index in [1.54, 1.807) is 12.2 Å². The van der Waals surface area contributed by atoms with Gasteiger partial charge >= 0.3 is 11.9 Å². The minimum Gasteiger partial charge on any atom is -0.478 e. The van der Waals surface area contributed by atoms with Gasteiger partial charge in [-0.05, 0) is 6.42 Å². The van der Waals surface area contributed by atoms with Crippen LogP contribution >= 0.6 is 0 Å². The summed E-state index contributed by atoms with van der Waals surface area (Å²) in [5, 5.41) is 7.60. The quantitative estimate of drug-likeness (QED) is 0.456. The van der Waals surface area contributed by atoms with Crippen molar-refractivity contribution in [3.8, 4) is 0 Å². The van der Waals surface area contributed by atoms with Crippen molar-refractivity contribution in [2.24, 2.45) is 0 Å². The Bertz CT molecular complexity index is 248. The number of hydrogen-bond donors (Lipinski definition) is 1. The Labute approximate surface area is 103 Å². The van der Waals surface area contributed by atoms with E-state index in [2.05, 4.69) is 31.1 Å². The van der Waals surface area contributed by atoms with Crippen molar-refractivity contribution in [2.45, 2.75) is 13.3 Å². The molecule has 0 aromatic carbocycles. The number of ether oxygens (including phenoxy) is 1. The average molecular weight is 240 g/mol. The van der Waals surface area contributed by atoms with Gasteiger partial charge in [-0.3, -0.25) is 0 Å². The molecule has 0 rings (SSSR count). The van der Waals surface area contributed by atoms with E-state index in [1.807, 2.05) is 6.92 Å². The lowest BCUT2D eigenvalue weighted by atomic mass is 10.5. The maximum absolute atomic E-state index is 10.2. The van der Waals surface area contributed by atoms with Gasteiger partial charge in [-0.25, -0.2) is 9.59 Å². The SMILES string of the molecule is C=CC(=O)O.C=CC(=O)OCCC.C=CC=C. The van der Waals surface area contributed by atoms with Gasteiger partial charge in [0.25, 0.3) is 0 Å². The molecule has 0 aliphatic rings. The molecule has 0 aliphatic carbocycles. The van der Waals surface area contributed by atoms with Crippen LogP contribution in [0, 0.1) is 0 Å². The molecule has 0 saturated carbocycles. The molecule has 0 spiro atoms. The van der Waals surface area contributed by atoms with Crippen LogP contribution in [0.1, 0.15) is 13.3 Å². The molecule has 0 fully saturated rings. The van der Waals surface area contributed by atoms with Crippen LogP contribution in [0.25, 0.3) is 0 Å². The second kappa shape index (κ2) is 19.5. The third-order valence-electron chi connectivity index (χ3n) is 0.956. The molecule has 96 valence electrons. The van der Waals surface area contributed by atoms with Gasteiger partial charge in [-0.2, -0.15) is 0 Å². The highest BCUT2D eigenvalue weighted by Gasteiger charge is 1.89. The van der Waals surface area contributed by atoms with Crippen LogP contribution in [-0.4, -0.2) is 23.7 Å². The summed E-state index contributed by atoms with van der Waals surface area (Å²) in [5.74, 6) is -1.32. The highest BCUT2D eigenvalue weighted by Crippen LogP contribution is 1.81. The topological polar surface area (TPSA) is 63.6 Å². The van der Waals surface area contributed by atoms with Gasteiger partial charge in [0.1, 0.15) is 0 Å². The first-order valence-electron chi connectivity index (χ1n) is 4.88. The summed E-state index contributed by atoms with van der Waals surface area (Å²) >= 11 is 0. The molecule has 0 aromatic heterocycles. The second-order valence-electron chi connectivity index (χ2n) is 2.39. The number of carboxylic acid groups (broad SMARTS) is 1. The summed E-state index contributed by atoms with van der Waals surface area (Å²) < 4.78 is 4.58. The molecule has 1 N–H and O–H groups in total. The lowest BCUT2D eigenvalue weighted by molar-refractivity contribution is -0.137. The van der Waals surface area contributed by atoms with Crippen molar-refractivity contribution >= 4 is 11.9 Å². The Kier molecular flexibility index (Phi) is 23.3. The Morgan fingerprint density at radius 3 is 1.71 bits per heavy atom. The van der Waals surface area contributed by atoms with Gasteiger partial charge in [-0.15, -0.1) is 0 Å². The van der Waals surface area contributed by atoms with Gasteiger partial charge in [0.15, 0.2) is 0 Å². The third-order valence-corrected chi connectivity index (χ3v) is 0.956. The first-order valence-corrected chi connectivity index (χ1v) is 4.88. The number of aliphatic carboxylic acids is 1. The van der Waals surface area contributed by atoms with E-state index in [4.69, 9.17) is 5.11 Å². The third kappa shape index (κ3) is 41.3. The van der Waals surface area contributed by atoms with E-state index in [-0.39, 0.29) is 5.97 Å². The molecule has 17 heavy (non-hydrogen) atoms. The summed E-state index contributed by atoms with van der Waals surface area (Å²) in [6, 6.07) is 0. The molecule has 0 saturated heterocycles. The molecule has 4 heteroatoms.